The minimum Gasteiger partial charge on any atom is -0.448 e. The molecule has 0 saturated carbocycles. The summed E-state index contributed by atoms with van der Waals surface area (Å²) in [5, 5.41) is 13.9. The van der Waals surface area contributed by atoms with E-state index in [4.69, 9.17) is 4.74 Å². The van der Waals surface area contributed by atoms with E-state index in [9.17, 15) is 19.7 Å². The molecule has 0 aliphatic heterocycles. The first-order valence-electron chi connectivity index (χ1n) is 6.98. The third kappa shape index (κ3) is 4.13. The fourth-order valence-electron chi connectivity index (χ4n) is 1.93. The van der Waals surface area contributed by atoms with Gasteiger partial charge in [0, 0.05) is 17.8 Å². The first-order chi connectivity index (χ1) is 11.3. The van der Waals surface area contributed by atoms with Crippen molar-refractivity contribution in [1.29, 1.82) is 0 Å². The number of carbonyl (C=O) groups is 2. The van der Waals surface area contributed by atoms with Crippen LogP contribution in [0.25, 0.3) is 0 Å². The molecule has 0 aliphatic carbocycles. The molecule has 1 aromatic heterocycles. The van der Waals surface area contributed by atoms with Gasteiger partial charge in [-0.1, -0.05) is 6.07 Å². The number of hydrogen-bond acceptors (Lipinski definition) is 7. The monoisotopic (exact) mass is 349 g/mol. The van der Waals surface area contributed by atoms with E-state index in [0.717, 1.165) is 5.01 Å². The molecule has 1 aromatic carbocycles. The lowest BCUT2D eigenvalue weighted by atomic mass is 10.2. The molecule has 1 atom stereocenters. The van der Waals surface area contributed by atoms with Gasteiger partial charge in [0.1, 0.15) is 4.88 Å². The Kier molecular flexibility index (Phi) is 5.24. The van der Waals surface area contributed by atoms with E-state index in [1.165, 1.54) is 42.5 Å². The van der Waals surface area contributed by atoms with Crippen molar-refractivity contribution < 1.29 is 19.2 Å². The molecule has 24 heavy (non-hydrogen) atoms. The highest BCUT2D eigenvalue weighted by molar-refractivity contribution is 7.13. The molecule has 2 aromatic rings. The number of anilines is 1. The zero-order valence-corrected chi connectivity index (χ0v) is 14.0. The Morgan fingerprint density at radius 3 is 2.67 bits per heavy atom. The fourth-order valence-corrected chi connectivity index (χ4v) is 2.73. The number of nitro groups is 1. The Balaban J connectivity index is 2.02. The van der Waals surface area contributed by atoms with Gasteiger partial charge in [-0.05, 0) is 26.8 Å². The Bertz CT molecular complexity index is 802. The summed E-state index contributed by atoms with van der Waals surface area (Å²) in [6.45, 7) is 4.88. The minimum atomic E-state index is -1.06. The number of non-ortho nitro benzene ring substituents is 1. The third-order valence-electron chi connectivity index (χ3n) is 3.07. The molecular formula is C15H15N3O5S. The zero-order valence-electron chi connectivity index (χ0n) is 13.2. The number of nitrogens with zero attached hydrogens (tertiary/aromatic N) is 2. The number of benzene rings is 1. The zero-order chi connectivity index (χ0) is 17.9. The third-order valence-corrected chi connectivity index (χ3v) is 4.12. The molecule has 126 valence electrons. The maximum Gasteiger partial charge on any atom is 0.351 e. The number of carbonyl (C=O) groups excluding carboxylic acids is 2. The molecule has 0 fully saturated rings. The molecular weight excluding hydrogens is 334 g/mol. The SMILES string of the molecule is Cc1nc(C)c(C(=O)OC(C)C(=O)Nc2cccc([N+](=O)[O-])c2)s1. The van der Waals surface area contributed by atoms with Gasteiger partial charge in [-0.2, -0.15) is 0 Å². The number of aryl methyl sites for hydroxylation is 2. The maximum atomic E-state index is 12.1. The Hall–Kier alpha value is -2.81. The fraction of sp³-hybridized carbons (Fsp3) is 0.267. The topological polar surface area (TPSA) is 111 Å². The van der Waals surface area contributed by atoms with Crippen LogP contribution in [0.2, 0.25) is 0 Å². The van der Waals surface area contributed by atoms with E-state index in [1.54, 1.807) is 13.8 Å². The standard InChI is InChI=1S/C15H15N3O5S/c1-8-13(24-10(3)16-8)15(20)23-9(2)14(19)17-11-5-4-6-12(7-11)18(21)22/h4-7,9H,1-3H3,(H,17,19). The van der Waals surface area contributed by atoms with E-state index in [2.05, 4.69) is 10.3 Å². The van der Waals surface area contributed by atoms with E-state index in [-0.39, 0.29) is 11.4 Å². The van der Waals surface area contributed by atoms with Gasteiger partial charge in [0.05, 0.1) is 15.6 Å². The van der Waals surface area contributed by atoms with E-state index >= 15 is 0 Å². The molecule has 1 amide bonds. The molecule has 0 aliphatic rings. The lowest BCUT2D eigenvalue weighted by molar-refractivity contribution is -0.384. The molecule has 1 unspecified atom stereocenters. The maximum absolute atomic E-state index is 12.1. The van der Waals surface area contributed by atoms with E-state index < -0.39 is 22.9 Å². The summed E-state index contributed by atoms with van der Waals surface area (Å²) < 4.78 is 5.13. The molecule has 9 heteroatoms. The Labute approximate surface area is 141 Å². The van der Waals surface area contributed by atoms with Crippen LogP contribution in [0.1, 0.15) is 27.3 Å². The van der Waals surface area contributed by atoms with Crippen LogP contribution in [0.15, 0.2) is 24.3 Å². The molecule has 1 heterocycles. The number of nitro benzene ring substituents is 1. The molecule has 0 bridgehead atoms. The molecule has 0 radical (unpaired) electrons. The Morgan fingerprint density at radius 2 is 2.08 bits per heavy atom. The van der Waals surface area contributed by atoms with E-state index in [0.29, 0.717) is 10.6 Å². The largest absolute Gasteiger partial charge is 0.448 e. The average Bonchev–Trinajstić information content (AvgIpc) is 2.86. The van der Waals surface area contributed by atoms with Gasteiger partial charge in [-0.3, -0.25) is 14.9 Å². The van der Waals surface area contributed by atoms with Crippen LogP contribution in [-0.2, 0) is 9.53 Å². The van der Waals surface area contributed by atoms with Gasteiger partial charge >= 0.3 is 5.97 Å². The second-order valence-corrected chi connectivity index (χ2v) is 6.19. The van der Waals surface area contributed by atoms with Crippen LogP contribution in [0.3, 0.4) is 0 Å². The predicted molar refractivity (Wildman–Crippen MR) is 88.2 cm³/mol. The number of ether oxygens (including phenoxy) is 1. The number of thiazole rings is 1. The van der Waals surface area contributed by atoms with Crippen molar-refractivity contribution in [2.45, 2.75) is 26.9 Å². The van der Waals surface area contributed by atoms with Crippen LogP contribution in [0.5, 0.6) is 0 Å². The van der Waals surface area contributed by atoms with Crippen LogP contribution in [0, 0.1) is 24.0 Å². The predicted octanol–water partition coefficient (Wildman–Crippen LogP) is 2.85. The summed E-state index contributed by atoms with van der Waals surface area (Å²) in [7, 11) is 0. The van der Waals surface area contributed by atoms with Gasteiger partial charge in [0.2, 0.25) is 0 Å². The van der Waals surface area contributed by atoms with Crippen LogP contribution in [-0.4, -0.2) is 27.9 Å². The highest BCUT2D eigenvalue weighted by Crippen LogP contribution is 2.20. The van der Waals surface area contributed by atoms with Crippen LogP contribution >= 0.6 is 11.3 Å². The van der Waals surface area contributed by atoms with Crippen molar-refractivity contribution in [1.82, 2.24) is 4.98 Å². The second-order valence-electron chi connectivity index (χ2n) is 4.99. The summed E-state index contributed by atoms with van der Waals surface area (Å²) in [5.74, 6) is -1.21. The van der Waals surface area contributed by atoms with Crippen molar-refractivity contribution >= 4 is 34.6 Å². The van der Waals surface area contributed by atoms with Crippen molar-refractivity contribution in [3.05, 3.63) is 50.0 Å². The first kappa shape index (κ1) is 17.5. The summed E-state index contributed by atoms with van der Waals surface area (Å²) >= 11 is 1.19. The van der Waals surface area contributed by atoms with Gasteiger partial charge in [0.25, 0.3) is 11.6 Å². The summed E-state index contributed by atoms with van der Waals surface area (Å²) in [6, 6.07) is 5.50. The molecule has 0 spiro atoms. The van der Waals surface area contributed by atoms with Gasteiger partial charge in [-0.15, -0.1) is 11.3 Å². The normalized spacial score (nSPS) is 11.6. The molecule has 8 nitrogen and oxygen atoms in total. The number of nitrogens with one attached hydrogen (secondary N) is 1. The van der Waals surface area contributed by atoms with Crippen molar-refractivity contribution in [3.8, 4) is 0 Å². The molecule has 0 saturated heterocycles. The van der Waals surface area contributed by atoms with Crippen molar-refractivity contribution in [2.75, 3.05) is 5.32 Å². The average molecular weight is 349 g/mol. The summed E-state index contributed by atoms with van der Waals surface area (Å²) in [6.07, 6.45) is -1.06. The van der Waals surface area contributed by atoms with E-state index in [1.807, 2.05) is 0 Å². The lowest BCUT2D eigenvalue weighted by Gasteiger charge is -2.13. The van der Waals surface area contributed by atoms with Crippen molar-refractivity contribution in [2.24, 2.45) is 0 Å². The Morgan fingerprint density at radius 1 is 1.38 bits per heavy atom. The summed E-state index contributed by atoms with van der Waals surface area (Å²) in [4.78, 5) is 38.8. The molecule has 1 N–H and O–H groups in total. The lowest BCUT2D eigenvalue weighted by Crippen LogP contribution is -2.30. The summed E-state index contributed by atoms with van der Waals surface area (Å²) in [5.41, 5.74) is 0.656. The second kappa shape index (κ2) is 7.18. The number of aromatic nitrogens is 1. The highest BCUT2D eigenvalue weighted by Gasteiger charge is 2.22. The number of amides is 1. The number of rotatable bonds is 5. The van der Waals surface area contributed by atoms with Crippen LogP contribution < -0.4 is 5.32 Å². The van der Waals surface area contributed by atoms with Gasteiger partial charge in [0.15, 0.2) is 6.10 Å². The van der Waals surface area contributed by atoms with Gasteiger partial charge < -0.3 is 10.1 Å². The van der Waals surface area contributed by atoms with Crippen molar-refractivity contribution in [3.63, 3.8) is 0 Å². The minimum absolute atomic E-state index is 0.145. The van der Waals surface area contributed by atoms with Gasteiger partial charge in [-0.25, -0.2) is 9.78 Å². The smallest absolute Gasteiger partial charge is 0.351 e. The molecule has 2 rings (SSSR count). The van der Waals surface area contributed by atoms with Crippen LogP contribution in [0.4, 0.5) is 11.4 Å². The number of esters is 1. The highest BCUT2D eigenvalue weighted by atomic mass is 32.1. The first-order valence-corrected chi connectivity index (χ1v) is 7.80. The number of hydrogen-bond donors (Lipinski definition) is 1. The quantitative estimate of drug-likeness (QED) is 0.505.